The number of nitrogens with zero attached hydrogens (tertiary/aromatic N) is 1. The predicted molar refractivity (Wildman–Crippen MR) is 94.8 cm³/mol. The fourth-order valence-electron chi connectivity index (χ4n) is 2.83. The summed E-state index contributed by atoms with van der Waals surface area (Å²) >= 11 is 0. The lowest BCUT2D eigenvalue weighted by molar-refractivity contribution is -0.121. The molecule has 3 amide bonds. The van der Waals surface area contributed by atoms with Crippen LogP contribution in [-0.2, 0) is 4.79 Å². The Kier molecular flexibility index (Phi) is 5.11. The molecule has 1 fully saturated rings. The summed E-state index contributed by atoms with van der Waals surface area (Å²) in [6.45, 7) is 1.18. The number of para-hydroxylation sites is 2. The minimum atomic E-state index is -0.108. The lowest BCUT2D eigenvalue weighted by Gasteiger charge is -2.31. The van der Waals surface area contributed by atoms with Crippen molar-refractivity contribution < 1.29 is 9.59 Å². The van der Waals surface area contributed by atoms with Gasteiger partial charge in [-0.25, -0.2) is 4.79 Å². The molecular weight excluding hydrogens is 302 g/mol. The Labute approximate surface area is 141 Å². The highest BCUT2D eigenvalue weighted by Crippen LogP contribution is 2.20. The molecule has 5 nitrogen and oxygen atoms in total. The number of hydrogen-bond donors (Lipinski definition) is 2. The van der Waals surface area contributed by atoms with Crippen LogP contribution in [0.5, 0.6) is 0 Å². The topological polar surface area (TPSA) is 61.4 Å². The van der Waals surface area contributed by atoms with E-state index in [0.29, 0.717) is 25.9 Å². The number of carbonyl (C=O) groups excluding carboxylic acids is 2. The Balaban J connectivity index is 1.48. The van der Waals surface area contributed by atoms with Gasteiger partial charge in [-0.05, 0) is 37.1 Å². The minimum absolute atomic E-state index is 0.0318. The van der Waals surface area contributed by atoms with Crippen molar-refractivity contribution >= 4 is 23.3 Å². The molecule has 2 aromatic carbocycles. The van der Waals surface area contributed by atoms with Gasteiger partial charge in [0, 0.05) is 30.4 Å². The standard InChI is InChI=1S/C19H21N3O2/c23-18(20-16-7-3-1-4-8-16)15-11-13-22(14-12-15)19(24)21-17-9-5-2-6-10-17/h1-10,15H,11-14H2,(H,20,23)(H,21,24). The average molecular weight is 323 g/mol. The van der Waals surface area contributed by atoms with Crippen LogP contribution in [0.4, 0.5) is 16.2 Å². The smallest absolute Gasteiger partial charge is 0.321 e. The summed E-state index contributed by atoms with van der Waals surface area (Å²) in [5, 5.41) is 5.82. The summed E-state index contributed by atoms with van der Waals surface area (Å²) in [4.78, 5) is 26.3. The molecule has 0 radical (unpaired) electrons. The molecule has 1 heterocycles. The number of amides is 3. The van der Waals surface area contributed by atoms with E-state index in [4.69, 9.17) is 0 Å². The van der Waals surface area contributed by atoms with Gasteiger partial charge in [-0.1, -0.05) is 36.4 Å². The van der Waals surface area contributed by atoms with Crippen LogP contribution in [0.1, 0.15) is 12.8 Å². The first kappa shape index (κ1) is 16.1. The van der Waals surface area contributed by atoms with Gasteiger partial charge in [0.05, 0.1) is 0 Å². The zero-order valence-corrected chi connectivity index (χ0v) is 13.4. The Morgan fingerprint density at radius 2 is 1.29 bits per heavy atom. The zero-order chi connectivity index (χ0) is 16.8. The molecule has 0 atom stereocenters. The molecule has 0 bridgehead atoms. The van der Waals surface area contributed by atoms with Crippen LogP contribution in [0.2, 0.25) is 0 Å². The molecule has 2 aromatic rings. The molecule has 1 aliphatic heterocycles. The number of anilines is 2. The lowest BCUT2D eigenvalue weighted by Crippen LogP contribution is -2.43. The van der Waals surface area contributed by atoms with Gasteiger partial charge in [-0.15, -0.1) is 0 Å². The number of rotatable bonds is 3. The van der Waals surface area contributed by atoms with Crippen LogP contribution in [0.25, 0.3) is 0 Å². The maximum Gasteiger partial charge on any atom is 0.321 e. The Bertz CT molecular complexity index is 619. The molecule has 5 heteroatoms. The second kappa shape index (κ2) is 7.64. The van der Waals surface area contributed by atoms with Crippen molar-refractivity contribution in [3.8, 4) is 0 Å². The fraction of sp³-hybridized carbons (Fsp3) is 0.263. The van der Waals surface area contributed by atoms with Crippen molar-refractivity contribution in [1.29, 1.82) is 0 Å². The highest BCUT2D eigenvalue weighted by Gasteiger charge is 2.27. The van der Waals surface area contributed by atoms with E-state index in [1.165, 1.54) is 0 Å². The van der Waals surface area contributed by atoms with E-state index >= 15 is 0 Å². The highest BCUT2D eigenvalue weighted by molar-refractivity contribution is 5.93. The van der Waals surface area contributed by atoms with Crippen LogP contribution in [0.15, 0.2) is 60.7 Å². The molecule has 0 aromatic heterocycles. The van der Waals surface area contributed by atoms with E-state index in [9.17, 15) is 9.59 Å². The van der Waals surface area contributed by atoms with Crippen molar-refractivity contribution in [2.75, 3.05) is 23.7 Å². The van der Waals surface area contributed by atoms with Crippen molar-refractivity contribution in [3.63, 3.8) is 0 Å². The van der Waals surface area contributed by atoms with Crippen LogP contribution < -0.4 is 10.6 Å². The first-order valence-corrected chi connectivity index (χ1v) is 8.19. The van der Waals surface area contributed by atoms with E-state index in [0.717, 1.165) is 11.4 Å². The molecule has 0 unspecified atom stereocenters. The lowest BCUT2D eigenvalue weighted by atomic mass is 9.96. The number of urea groups is 1. The SMILES string of the molecule is O=C(Nc1ccccc1)C1CCN(C(=O)Nc2ccccc2)CC1. The fourth-order valence-corrected chi connectivity index (χ4v) is 2.83. The quantitative estimate of drug-likeness (QED) is 0.907. The molecule has 3 rings (SSSR count). The first-order valence-electron chi connectivity index (χ1n) is 8.19. The molecule has 1 aliphatic rings. The van der Waals surface area contributed by atoms with Gasteiger partial charge >= 0.3 is 6.03 Å². The molecule has 1 saturated heterocycles. The van der Waals surface area contributed by atoms with Crippen LogP contribution in [0, 0.1) is 5.92 Å². The Hall–Kier alpha value is -2.82. The normalized spacial score (nSPS) is 14.9. The van der Waals surface area contributed by atoms with E-state index in [1.54, 1.807) is 4.90 Å². The van der Waals surface area contributed by atoms with Crippen molar-refractivity contribution in [2.45, 2.75) is 12.8 Å². The van der Waals surface area contributed by atoms with Gasteiger partial charge in [0.25, 0.3) is 0 Å². The molecular formula is C19H21N3O2. The monoisotopic (exact) mass is 323 g/mol. The largest absolute Gasteiger partial charge is 0.326 e. The molecule has 24 heavy (non-hydrogen) atoms. The maximum absolute atomic E-state index is 12.3. The second-order valence-electron chi connectivity index (χ2n) is 5.91. The van der Waals surface area contributed by atoms with Crippen LogP contribution >= 0.6 is 0 Å². The molecule has 0 aliphatic carbocycles. The van der Waals surface area contributed by atoms with E-state index < -0.39 is 0 Å². The Morgan fingerprint density at radius 3 is 1.83 bits per heavy atom. The average Bonchev–Trinajstić information content (AvgIpc) is 2.63. The first-order chi connectivity index (χ1) is 11.7. The minimum Gasteiger partial charge on any atom is -0.326 e. The van der Waals surface area contributed by atoms with Gasteiger partial charge < -0.3 is 15.5 Å². The third-order valence-electron chi connectivity index (χ3n) is 4.22. The summed E-state index contributed by atoms with van der Waals surface area (Å²) in [5.41, 5.74) is 1.60. The van der Waals surface area contributed by atoms with E-state index in [1.807, 2.05) is 60.7 Å². The third kappa shape index (κ3) is 4.13. The molecule has 0 spiro atoms. The summed E-state index contributed by atoms with van der Waals surface area (Å²) in [6, 6.07) is 18.7. The summed E-state index contributed by atoms with van der Waals surface area (Å²) in [6.07, 6.45) is 1.36. The van der Waals surface area contributed by atoms with E-state index in [2.05, 4.69) is 10.6 Å². The predicted octanol–water partition coefficient (Wildman–Crippen LogP) is 3.57. The third-order valence-corrected chi connectivity index (χ3v) is 4.22. The van der Waals surface area contributed by atoms with E-state index in [-0.39, 0.29) is 17.9 Å². The van der Waals surface area contributed by atoms with Gasteiger partial charge in [0.15, 0.2) is 0 Å². The maximum atomic E-state index is 12.3. The number of hydrogen-bond acceptors (Lipinski definition) is 2. The number of nitrogens with one attached hydrogen (secondary N) is 2. The molecule has 124 valence electrons. The number of carbonyl (C=O) groups is 2. The summed E-state index contributed by atoms with van der Waals surface area (Å²) in [5.74, 6) is -0.0182. The van der Waals surface area contributed by atoms with Crippen LogP contribution in [-0.4, -0.2) is 29.9 Å². The van der Waals surface area contributed by atoms with Crippen molar-refractivity contribution in [2.24, 2.45) is 5.92 Å². The van der Waals surface area contributed by atoms with Gasteiger partial charge in [-0.3, -0.25) is 4.79 Å². The molecule has 0 saturated carbocycles. The summed E-state index contributed by atoms with van der Waals surface area (Å²) < 4.78 is 0. The second-order valence-corrected chi connectivity index (χ2v) is 5.91. The van der Waals surface area contributed by atoms with Crippen molar-refractivity contribution in [1.82, 2.24) is 4.90 Å². The van der Waals surface area contributed by atoms with Gasteiger partial charge in [0.1, 0.15) is 0 Å². The highest BCUT2D eigenvalue weighted by atomic mass is 16.2. The number of likely N-dealkylation sites (tertiary alicyclic amines) is 1. The van der Waals surface area contributed by atoms with Crippen LogP contribution in [0.3, 0.4) is 0 Å². The number of benzene rings is 2. The zero-order valence-electron chi connectivity index (χ0n) is 13.4. The number of piperidine rings is 1. The van der Waals surface area contributed by atoms with Gasteiger partial charge in [-0.2, -0.15) is 0 Å². The molecule has 2 N–H and O–H groups in total. The van der Waals surface area contributed by atoms with Gasteiger partial charge in [0.2, 0.25) is 5.91 Å². The Morgan fingerprint density at radius 1 is 0.792 bits per heavy atom. The van der Waals surface area contributed by atoms with Crippen molar-refractivity contribution in [3.05, 3.63) is 60.7 Å². The summed E-state index contributed by atoms with van der Waals surface area (Å²) in [7, 11) is 0.